The number of hydrogen-bond acceptors (Lipinski definition) is 5. The van der Waals surface area contributed by atoms with Crippen LogP contribution in [0, 0.1) is 12.8 Å². The lowest BCUT2D eigenvalue weighted by atomic mass is 9.99. The molecule has 3 heterocycles. The SMILES string of the molecule is Cc1cc(-c2noc(CC3CCCOC3)n2)cc2[nH]cnc12. The van der Waals surface area contributed by atoms with Crippen LogP contribution >= 0.6 is 0 Å². The van der Waals surface area contributed by atoms with Crippen LogP contribution in [0.4, 0.5) is 0 Å². The Balaban J connectivity index is 1.59. The van der Waals surface area contributed by atoms with Gasteiger partial charge in [-0.05, 0) is 43.4 Å². The van der Waals surface area contributed by atoms with Gasteiger partial charge in [0.2, 0.25) is 11.7 Å². The first-order chi connectivity index (χ1) is 10.8. The van der Waals surface area contributed by atoms with Crippen LogP contribution in [0.15, 0.2) is 23.0 Å². The van der Waals surface area contributed by atoms with Crippen LogP contribution in [-0.2, 0) is 11.2 Å². The Hall–Kier alpha value is -2.21. The highest BCUT2D eigenvalue weighted by Gasteiger charge is 2.19. The second-order valence-corrected chi connectivity index (χ2v) is 5.89. The predicted molar refractivity (Wildman–Crippen MR) is 81.4 cm³/mol. The molecule has 1 N–H and O–H groups in total. The molecule has 114 valence electrons. The number of rotatable bonds is 3. The van der Waals surface area contributed by atoms with Crippen LogP contribution in [-0.4, -0.2) is 33.3 Å². The van der Waals surface area contributed by atoms with Crippen molar-refractivity contribution in [2.24, 2.45) is 5.92 Å². The molecule has 0 saturated carbocycles. The quantitative estimate of drug-likeness (QED) is 0.804. The van der Waals surface area contributed by atoms with Crippen molar-refractivity contribution in [2.75, 3.05) is 13.2 Å². The van der Waals surface area contributed by atoms with Crippen LogP contribution in [0.3, 0.4) is 0 Å². The van der Waals surface area contributed by atoms with E-state index in [2.05, 4.69) is 20.1 Å². The van der Waals surface area contributed by atoms with E-state index in [1.807, 2.05) is 19.1 Å². The minimum Gasteiger partial charge on any atom is -0.381 e. The molecule has 4 rings (SSSR count). The van der Waals surface area contributed by atoms with Gasteiger partial charge in [-0.1, -0.05) is 5.16 Å². The van der Waals surface area contributed by atoms with E-state index < -0.39 is 0 Å². The molecule has 1 aliphatic rings. The topological polar surface area (TPSA) is 76.8 Å². The number of ether oxygens (including phenoxy) is 1. The number of nitrogens with one attached hydrogen (secondary N) is 1. The predicted octanol–water partition coefficient (Wildman–Crippen LogP) is 2.89. The third-order valence-corrected chi connectivity index (χ3v) is 4.16. The molecule has 0 amide bonds. The summed E-state index contributed by atoms with van der Waals surface area (Å²) in [6.45, 7) is 3.69. The second kappa shape index (κ2) is 5.53. The molecular formula is C16H18N4O2. The van der Waals surface area contributed by atoms with Gasteiger partial charge in [0.25, 0.3) is 0 Å². The number of aromatic amines is 1. The zero-order valence-electron chi connectivity index (χ0n) is 12.5. The van der Waals surface area contributed by atoms with Gasteiger partial charge < -0.3 is 14.2 Å². The number of H-pyrrole nitrogens is 1. The summed E-state index contributed by atoms with van der Waals surface area (Å²) in [6.07, 6.45) is 4.77. The summed E-state index contributed by atoms with van der Waals surface area (Å²) in [5, 5.41) is 4.12. The summed E-state index contributed by atoms with van der Waals surface area (Å²) in [6, 6.07) is 4.05. The zero-order chi connectivity index (χ0) is 14.9. The fraction of sp³-hybridized carbons (Fsp3) is 0.438. The maximum atomic E-state index is 5.50. The summed E-state index contributed by atoms with van der Waals surface area (Å²) in [5.41, 5.74) is 4.01. The number of aryl methyl sites for hydroxylation is 1. The minimum atomic E-state index is 0.485. The van der Waals surface area contributed by atoms with Gasteiger partial charge in [-0.25, -0.2) is 4.98 Å². The van der Waals surface area contributed by atoms with Crippen molar-refractivity contribution in [3.8, 4) is 11.4 Å². The van der Waals surface area contributed by atoms with Gasteiger partial charge in [0.1, 0.15) is 0 Å². The van der Waals surface area contributed by atoms with E-state index >= 15 is 0 Å². The van der Waals surface area contributed by atoms with Crippen molar-refractivity contribution in [1.82, 2.24) is 20.1 Å². The molecule has 1 unspecified atom stereocenters. The van der Waals surface area contributed by atoms with Gasteiger partial charge in [-0.3, -0.25) is 0 Å². The van der Waals surface area contributed by atoms with Gasteiger partial charge >= 0.3 is 0 Å². The van der Waals surface area contributed by atoms with Crippen molar-refractivity contribution < 1.29 is 9.26 Å². The number of hydrogen-bond donors (Lipinski definition) is 1. The summed E-state index contributed by atoms with van der Waals surface area (Å²) >= 11 is 0. The van der Waals surface area contributed by atoms with E-state index in [1.54, 1.807) is 6.33 Å². The Morgan fingerprint density at radius 3 is 3.18 bits per heavy atom. The second-order valence-electron chi connectivity index (χ2n) is 5.89. The van der Waals surface area contributed by atoms with Gasteiger partial charge in [-0.15, -0.1) is 0 Å². The van der Waals surface area contributed by atoms with E-state index in [0.29, 0.717) is 17.6 Å². The highest BCUT2D eigenvalue weighted by molar-refractivity contribution is 5.83. The number of imidazole rings is 1. The fourth-order valence-electron chi connectivity index (χ4n) is 3.03. The Morgan fingerprint density at radius 2 is 2.32 bits per heavy atom. The van der Waals surface area contributed by atoms with Gasteiger partial charge in [-0.2, -0.15) is 4.98 Å². The molecule has 1 aromatic carbocycles. The fourth-order valence-corrected chi connectivity index (χ4v) is 3.03. The first-order valence-corrected chi connectivity index (χ1v) is 7.64. The molecule has 3 aromatic rings. The van der Waals surface area contributed by atoms with E-state index in [9.17, 15) is 0 Å². The normalized spacial score (nSPS) is 18.9. The smallest absolute Gasteiger partial charge is 0.227 e. The number of nitrogens with zero attached hydrogens (tertiary/aromatic N) is 3. The average Bonchev–Trinajstić information content (AvgIpc) is 3.17. The molecule has 1 aliphatic heterocycles. The van der Waals surface area contributed by atoms with E-state index in [1.165, 1.54) is 0 Å². The molecule has 1 atom stereocenters. The first kappa shape index (κ1) is 13.5. The number of benzene rings is 1. The van der Waals surface area contributed by atoms with Crippen molar-refractivity contribution in [3.63, 3.8) is 0 Å². The highest BCUT2D eigenvalue weighted by atomic mass is 16.5. The van der Waals surface area contributed by atoms with E-state index in [-0.39, 0.29) is 0 Å². The maximum absolute atomic E-state index is 5.50. The molecule has 0 bridgehead atoms. The van der Waals surface area contributed by atoms with Crippen molar-refractivity contribution >= 4 is 11.0 Å². The molecule has 0 aliphatic carbocycles. The lowest BCUT2D eigenvalue weighted by Gasteiger charge is -2.20. The minimum absolute atomic E-state index is 0.485. The molecule has 22 heavy (non-hydrogen) atoms. The highest BCUT2D eigenvalue weighted by Crippen LogP contribution is 2.25. The Morgan fingerprint density at radius 1 is 1.36 bits per heavy atom. The molecule has 6 heteroatoms. The van der Waals surface area contributed by atoms with E-state index in [0.717, 1.165) is 54.6 Å². The molecule has 1 fully saturated rings. The standard InChI is InChI=1S/C16H18N4O2/c1-10-5-12(7-13-15(10)18-9-17-13)16-19-14(22-20-16)6-11-3-2-4-21-8-11/h5,7,9,11H,2-4,6,8H2,1H3,(H,17,18). The van der Waals surface area contributed by atoms with Gasteiger partial charge in [0.05, 0.1) is 17.4 Å². The van der Waals surface area contributed by atoms with E-state index in [4.69, 9.17) is 9.26 Å². The summed E-state index contributed by atoms with van der Waals surface area (Å²) in [5.74, 6) is 1.80. The molecule has 0 spiro atoms. The molecule has 6 nitrogen and oxygen atoms in total. The monoisotopic (exact) mass is 298 g/mol. The lowest BCUT2D eigenvalue weighted by Crippen LogP contribution is -2.19. The molecule has 0 radical (unpaired) electrons. The molecular weight excluding hydrogens is 280 g/mol. The molecule has 2 aromatic heterocycles. The van der Waals surface area contributed by atoms with Crippen LogP contribution in [0.1, 0.15) is 24.3 Å². The van der Waals surface area contributed by atoms with Crippen LogP contribution in [0.5, 0.6) is 0 Å². The Labute approximate surface area is 127 Å². The maximum Gasteiger partial charge on any atom is 0.227 e. The third-order valence-electron chi connectivity index (χ3n) is 4.16. The summed E-state index contributed by atoms with van der Waals surface area (Å²) in [7, 11) is 0. The molecule has 1 saturated heterocycles. The average molecular weight is 298 g/mol. The zero-order valence-corrected chi connectivity index (χ0v) is 12.5. The number of aromatic nitrogens is 4. The van der Waals surface area contributed by atoms with Crippen LogP contribution in [0.25, 0.3) is 22.4 Å². The lowest BCUT2D eigenvalue weighted by molar-refractivity contribution is 0.0520. The van der Waals surface area contributed by atoms with Gasteiger partial charge in [0.15, 0.2) is 0 Å². The van der Waals surface area contributed by atoms with Crippen molar-refractivity contribution in [1.29, 1.82) is 0 Å². The summed E-state index contributed by atoms with van der Waals surface area (Å²) in [4.78, 5) is 12.0. The van der Waals surface area contributed by atoms with Crippen molar-refractivity contribution in [3.05, 3.63) is 29.9 Å². The summed E-state index contributed by atoms with van der Waals surface area (Å²) < 4.78 is 10.9. The largest absolute Gasteiger partial charge is 0.381 e. The van der Waals surface area contributed by atoms with Crippen LogP contribution < -0.4 is 0 Å². The van der Waals surface area contributed by atoms with Crippen molar-refractivity contribution in [2.45, 2.75) is 26.2 Å². The third kappa shape index (κ3) is 2.50. The van der Waals surface area contributed by atoms with Gasteiger partial charge in [0, 0.05) is 25.2 Å². The first-order valence-electron chi connectivity index (χ1n) is 7.64. The number of fused-ring (bicyclic) bond motifs is 1. The Kier molecular flexibility index (Phi) is 3.38. The Bertz CT molecular complexity index is 786. The van der Waals surface area contributed by atoms with Crippen LogP contribution in [0.2, 0.25) is 0 Å².